The first-order chi connectivity index (χ1) is 10.2. The molecule has 0 aliphatic carbocycles. The summed E-state index contributed by atoms with van der Waals surface area (Å²) in [6.07, 6.45) is 0.951. The van der Waals surface area contributed by atoms with Crippen molar-refractivity contribution in [1.82, 2.24) is 19.5 Å². The first-order valence-electron chi connectivity index (χ1n) is 6.65. The molecule has 0 bridgehead atoms. The zero-order chi connectivity index (χ0) is 15.0. The molecule has 0 saturated carbocycles. The van der Waals surface area contributed by atoms with Gasteiger partial charge in [-0.05, 0) is 6.42 Å². The molecule has 21 heavy (non-hydrogen) atoms. The van der Waals surface area contributed by atoms with Crippen LogP contribution in [0.2, 0.25) is 0 Å². The van der Waals surface area contributed by atoms with E-state index in [9.17, 15) is 10.2 Å². The largest absolute Gasteiger partial charge is 0.396 e. The Hall–Kier alpha value is -1.81. The molecular formula is C12H17N5O4. The predicted octanol–water partition coefficient (Wildman–Crippen LogP) is -1.34. The van der Waals surface area contributed by atoms with Gasteiger partial charge in [0.2, 0.25) is 0 Å². The van der Waals surface area contributed by atoms with Crippen molar-refractivity contribution in [3.63, 3.8) is 0 Å². The summed E-state index contributed by atoms with van der Waals surface area (Å²) in [7, 11) is 0. The van der Waals surface area contributed by atoms with Gasteiger partial charge in [-0.3, -0.25) is 4.57 Å². The molecule has 3 heterocycles. The van der Waals surface area contributed by atoms with E-state index in [2.05, 4.69) is 15.0 Å². The number of nitrogens with two attached hydrogens (primary N) is 1. The average molecular weight is 295 g/mol. The van der Waals surface area contributed by atoms with Crippen molar-refractivity contribution in [1.29, 1.82) is 0 Å². The van der Waals surface area contributed by atoms with Crippen molar-refractivity contribution in [3.05, 3.63) is 12.7 Å². The zero-order valence-corrected chi connectivity index (χ0v) is 11.2. The van der Waals surface area contributed by atoms with E-state index in [1.807, 2.05) is 0 Å². The van der Waals surface area contributed by atoms with E-state index in [-0.39, 0.29) is 24.9 Å². The van der Waals surface area contributed by atoms with Gasteiger partial charge in [0.1, 0.15) is 17.9 Å². The van der Waals surface area contributed by atoms with Crippen LogP contribution in [-0.2, 0) is 4.74 Å². The fourth-order valence-corrected chi connectivity index (χ4v) is 2.76. The van der Waals surface area contributed by atoms with E-state index in [1.54, 1.807) is 4.57 Å². The number of hydrogen-bond donors (Lipinski definition) is 4. The fraction of sp³-hybridized carbons (Fsp3) is 0.583. The molecule has 1 aliphatic heterocycles. The first-order valence-corrected chi connectivity index (χ1v) is 6.65. The van der Waals surface area contributed by atoms with Gasteiger partial charge in [0, 0.05) is 12.5 Å². The average Bonchev–Trinajstić information content (AvgIpc) is 3.03. The molecule has 2 aromatic heterocycles. The maximum absolute atomic E-state index is 10.4. The molecule has 2 aromatic rings. The smallest absolute Gasteiger partial charge is 0.167 e. The molecule has 0 aromatic carbocycles. The lowest BCUT2D eigenvalue weighted by Gasteiger charge is -2.18. The number of aliphatic hydroxyl groups excluding tert-OH is 3. The molecule has 0 radical (unpaired) electrons. The molecule has 9 heteroatoms. The summed E-state index contributed by atoms with van der Waals surface area (Å²) in [5, 5.41) is 28.9. The standard InChI is InChI=1S/C12H17N5O4/c13-10-8-11(15-4-14-10)17(5-16-8)12-9(20)6(1-2-18)7(3-19)21-12/h4-7,9,12,18-20H,1-3H2,(H2,13,14,15)/t6-,7-,9-,12-/m1/s1. The van der Waals surface area contributed by atoms with E-state index >= 15 is 0 Å². The third-order valence-corrected chi connectivity index (χ3v) is 3.83. The Morgan fingerprint density at radius 3 is 2.81 bits per heavy atom. The van der Waals surface area contributed by atoms with Crippen LogP contribution < -0.4 is 5.73 Å². The van der Waals surface area contributed by atoms with Gasteiger partial charge in [0.15, 0.2) is 17.7 Å². The fourth-order valence-electron chi connectivity index (χ4n) is 2.76. The summed E-state index contributed by atoms with van der Waals surface area (Å²) >= 11 is 0. The molecule has 5 N–H and O–H groups in total. The van der Waals surface area contributed by atoms with Crippen LogP contribution in [0.1, 0.15) is 12.6 Å². The topological polar surface area (TPSA) is 140 Å². The van der Waals surface area contributed by atoms with Crippen LogP contribution in [0, 0.1) is 5.92 Å². The predicted molar refractivity (Wildman–Crippen MR) is 71.9 cm³/mol. The Bertz CT molecular complexity index is 633. The molecule has 0 amide bonds. The van der Waals surface area contributed by atoms with Gasteiger partial charge in [0.25, 0.3) is 0 Å². The van der Waals surface area contributed by atoms with Crippen LogP contribution in [0.3, 0.4) is 0 Å². The molecule has 0 unspecified atom stereocenters. The first kappa shape index (κ1) is 14.1. The number of fused-ring (bicyclic) bond motifs is 1. The van der Waals surface area contributed by atoms with E-state index < -0.39 is 18.4 Å². The quantitative estimate of drug-likeness (QED) is 0.543. The highest BCUT2D eigenvalue weighted by molar-refractivity contribution is 5.81. The highest BCUT2D eigenvalue weighted by Gasteiger charge is 2.44. The highest BCUT2D eigenvalue weighted by atomic mass is 16.5. The van der Waals surface area contributed by atoms with Crippen molar-refractivity contribution < 1.29 is 20.1 Å². The third-order valence-electron chi connectivity index (χ3n) is 3.83. The van der Waals surface area contributed by atoms with Gasteiger partial charge in [0.05, 0.1) is 19.0 Å². The summed E-state index contributed by atoms with van der Waals surface area (Å²) < 4.78 is 7.26. The normalized spacial score (nSPS) is 29.3. The monoisotopic (exact) mass is 295 g/mol. The number of nitrogens with zero attached hydrogens (tertiary/aromatic N) is 4. The zero-order valence-electron chi connectivity index (χ0n) is 11.2. The maximum Gasteiger partial charge on any atom is 0.167 e. The van der Waals surface area contributed by atoms with Crippen molar-refractivity contribution in [3.8, 4) is 0 Å². The van der Waals surface area contributed by atoms with Crippen LogP contribution >= 0.6 is 0 Å². The third kappa shape index (κ3) is 2.23. The van der Waals surface area contributed by atoms with Crippen LogP contribution in [0.15, 0.2) is 12.7 Å². The van der Waals surface area contributed by atoms with Crippen LogP contribution in [0.25, 0.3) is 11.2 Å². The molecule has 1 fully saturated rings. The summed E-state index contributed by atoms with van der Waals surface area (Å²) in [6, 6.07) is 0. The lowest BCUT2D eigenvalue weighted by atomic mass is 9.95. The molecule has 4 atom stereocenters. The van der Waals surface area contributed by atoms with Crippen LogP contribution in [0.5, 0.6) is 0 Å². The van der Waals surface area contributed by atoms with E-state index in [0.717, 1.165) is 0 Å². The second-order valence-corrected chi connectivity index (χ2v) is 5.00. The molecule has 3 rings (SSSR count). The summed E-state index contributed by atoms with van der Waals surface area (Å²) in [4.78, 5) is 12.1. The number of rotatable bonds is 4. The number of ether oxygens (including phenoxy) is 1. The minimum atomic E-state index is -0.886. The summed E-state index contributed by atoms with van der Waals surface area (Å²) in [5.41, 5.74) is 6.61. The number of aliphatic hydroxyl groups is 3. The number of nitrogen functional groups attached to an aromatic ring is 1. The highest BCUT2D eigenvalue weighted by Crippen LogP contribution is 2.37. The maximum atomic E-state index is 10.4. The second-order valence-electron chi connectivity index (χ2n) is 5.00. The van der Waals surface area contributed by atoms with Gasteiger partial charge in [-0.15, -0.1) is 0 Å². The molecule has 9 nitrogen and oxygen atoms in total. The van der Waals surface area contributed by atoms with Crippen molar-refractivity contribution in [2.45, 2.75) is 24.9 Å². The molecule has 114 valence electrons. The van der Waals surface area contributed by atoms with Crippen LogP contribution in [0.4, 0.5) is 5.82 Å². The Kier molecular flexibility index (Phi) is 3.72. The Morgan fingerprint density at radius 2 is 2.10 bits per heavy atom. The Labute approximate surface area is 120 Å². The van der Waals surface area contributed by atoms with Crippen molar-refractivity contribution in [2.24, 2.45) is 5.92 Å². The SMILES string of the molecule is Nc1ncnc2c1ncn2[C@@H]1O[C@H](CO)[C@@H](CCO)[C@H]1O. The van der Waals surface area contributed by atoms with Gasteiger partial charge >= 0.3 is 0 Å². The van der Waals surface area contributed by atoms with Gasteiger partial charge in [-0.25, -0.2) is 15.0 Å². The lowest BCUT2D eigenvalue weighted by molar-refractivity contribution is -0.0494. The number of anilines is 1. The van der Waals surface area contributed by atoms with E-state index in [0.29, 0.717) is 17.6 Å². The lowest BCUT2D eigenvalue weighted by Crippen LogP contribution is -2.28. The summed E-state index contributed by atoms with van der Waals surface area (Å²) in [6.45, 7) is -0.323. The minimum Gasteiger partial charge on any atom is -0.396 e. The summed E-state index contributed by atoms with van der Waals surface area (Å²) in [5.74, 6) is -0.113. The molecule has 0 spiro atoms. The van der Waals surface area contributed by atoms with Crippen molar-refractivity contribution >= 4 is 17.0 Å². The van der Waals surface area contributed by atoms with Gasteiger partial charge in [-0.1, -0.05) is 0 Å². The van der Waals surface area contributed by atoms with E-state index in [4.69, 9.17) is 15.6 Å². The Morgan fingerprint density at radius 1 is 1.29 bits per heavy atom. The number of aromatic nitrogens is 4. The Balaban J connectivity index is 1.97. The van der Waals surface area contributed by atoms with Crippen molar-refractivity contribution in [2.75, 3.05) is 18.9 Å². The second kappa shape index (κ2) is 5.53. The number of imidazole rings is 1. The van der Waals surface area contributed by atoms with Gasteiger partial charge < -0.3 is 25.8 Å². The van der Waals surface area contributed by atoms with Crippen LogP contribution in [-0.4, -0.2) is 60.3 Å². The van der Waals surface area contributed by atoms with E-state index in [1.165, 1.54) is 12.7 Å². The molecular weight excluding hydrogens is 278 g/mol. The molecule has 1 saturated heterocycles. The molecule has 1 aliphatic rings. The minimum absolute atomic E-state index is 0.0892. The number of hydrogen-bond acceptors (Lipinski definition) is 8. The van der Waals surface area contributed by atoms with Gasteiger partial charge in [-0.2, -0.15) is 0 Å².